The number of rotatable bonds is 9. The molecule has 0 radical (unpaired) electrons. The Bertz CT molecular complexity index is 1350. The molecule has 40 heavy (non-hydrogen) atoms. The van der Waals surface area contributed by atoms with E-state index in [0.29, 0.717) is 31.6 Å². The number of aromatic nitrogens is 1. The van der Waals surface area contributed by atoms with Crippen LogP contribution in [0.15, 0.2) is 66.9 Å². The van der Waals surface area contributed by atoms with Crippen molar-refractivity contribution in [2.24, 2.45) is 11.7 Å². The summed E-state index contributed by atoms with van der Waals surface area (Å²) in [7, 11) is 0. The van der Waals surface area contributed by atoms with E-state index in [4.69, 9.17) is 5.73 Å². The molecule has 2 aliphatic heterocycles. The van der Waals surface area contributed by atoms with Gasteiger partial charge < -0.3 is 31.7 Å². The molecule has 210 valence electrons. The number of fused-ring (bicyclic) bond motifs is 1. The Balaban J connectivity index is 1.26. The van der Waals surface area contributed by atoms with Crippen LogP contribution < -0.4 is 21.7 Å². The number of nitrogens with one attached hydrogen (secondary N) is 3. The molecule has 5 rings (SSSR count). The zero-order valence-corrected chi connectivity index (χ0v) is 22.3. The smallest absolute Gasteiger partial charge is 0.249 e. The lowest BCUT2D eigenvalue weighted by Gasteiger charge is -2.26. The van der Waals surface area contributed by atoms with Gasteiger partial charge in [0, 0.05) is 18.0 Å². The molecule has 2 saturated heterocycles. The molecule has 2 aliphatic rings. The summed E-state index contributed by atoms with van der Waals surface area (Å²) in [6, 6.07) is 17.4. The highest BCUT2D eigenvalue weighted by Gasteiger charge is 2.43. The lowest BCUT2D eigenvalue weighted by atomic mass is 10.0. The van der Waals surface area contributed by atoms with Gasteiger partial charge in [-0.3, -0.25) is 19.4 Å². The van der Waals surface area contributed by atoms with Gasteiger partial charge in [0.1, 0.15) is 12.1 Å². The number of likely N-dealkylation sites (tertiary alicyclic amines) is 1. The molecule has 0 saturated carbocycles. The monoisotopic (exact) mass is 544 g/mol. The van der Waals surface area contributed by atoms with Gasteiger partial charge in [-0.1, -0.05) is 48.5 Å². The number of hydrogen-bond donors (Lipinski definition) is 5. The van der Waals surface area contributed by atoms with Gasteiger partial charge in [0.05, 0.1) is 23.4 Å². The average molecular weight is 545 g/mol. The zero-order valence-electron chi connectivity index (χ0n) is 22.3. The van der Waals surface area contributed by atoms with E-state index in [1.165, 1.54) is 0 Å². The molecular formula is C30H36N6O4. The Morgan fingerprint density at radius 2 is 1.88 bits per heavy atom. The summed E-state index contributed by atoms with van der Waals surface area (Å²) >= 11 is 0. The molecule has 3 aromatic rings. The van der Waals surface area contributed by atoms with E-state index in [2.05, 4.69) is 20.9 Å². The van der Waals surface area contributed by atoms with Crippen LogP contribution >= 0.6 is 0 Å². The van der Waals surface area contributed by atoms with Crippen molar-refractivity contribution < 1.29 is 19.5 Å². The van der Waals surface area contributed by atoms with E-state index >= 15 is 0 Å². The molecule has 2 fully saturated rings. The molecule has 3 heterocycles. The van der Waals surface area contributed by atoms with Gasteiger partial charge in [0.15, 0.2) is 0 Å². The topological polar surface area (TPSA) is 150 Å². The fourth-order valence-electron chi connectivity index (χ4n) is 5.55. The summed E-state index contributed by atoms with van der Waals surface area (Å²) in [4.78, 5) is 45.8. The Kier molecular flexibility index (Phi) is 8.69. The molecule has 5 atom stereocenters. The Morgan fingerprint density at radius 1 is 1.10 bits per heavy atom. The van der Waals surface area contributed by atoms with Gasteiger partial charge in [-0.05, 0) is 62.4 Å². The average Bonchev–Trinajstić information content (AvgIpc) is 3.64. The SMILES string of the molecule is NCC1CNC(C(=O)N2CC(NC(=O)C(O)CCc3ccccc3)CC2C(=O)Nc2cnc3ccccc3c2)C1. The summed E-state index contributed by atoms with van der Waals surface area (Å²) in [6.07, 6.45) is 2.07. The second kappa shape index (κ2) is 12.5. The first-order valence-electron chi connectivity index (χ1n) is 13.8. The molecule has 3 amide bonds. The number of anilines is 1. The minimum absolute atomic E-state index is 0.176. The Morgan fingerprint density at radius 3 is 2.65 bits per heavy atom. The van der Waals surface area contributed by atoms with Gasteiger partial charge in [0.2, 0.25) is 17.7 Å². The summed E-state index contributed by atoms with van der Waals surface area (Å²) < 4.78 is 0. The molecule has 6 N–H and O–H groups in total. The van der Waals surface area contributed by atoms with Crippen molar-refractivity contribution in [2.45, 2.75) is 49.9 Å². The maximum Gasteiger partial charge on any atom is 0.249 e. The van der Waals surface area contributed by atoms with E-state index < -0.39 is 30.1 Å². The second-order valence-corrected chi connectivity index (χ2v) is 10.7. The van der Waals surface area contributed by atoms with Crippen LogP contribution in [0.2, 0.25) is 0 Å². The van der Waals surface area contributed by atoms with Crippen molar-refractivity contribution in [3.8, 4) is 0 Å². The largest absolute Gasteiger partial charge is 0.383 e. The van der Waals surface area contributed by atoms with E-state index in [1.54, 1.807) is 11.1 Å². The van der Waals surface area contributed by atoms with Crippen LogP contribution in [0.5, 0.6) is 0 Å². The lowest BCUT2D eigenvalue weighted by Crippen LogP contribution is -2.50. The fraction of sp³-hybridized carbons (Fsp3) is 0.400. The van der Waals surface area contributed by atoms with E-state index in [1.807, 2.05) is 60.7 Å². The minimum Gasteiger partial charge on any atom is -0.383 e. The summed E-state index contributed by atoms with van der Waals surface area (Å²) in [5, 5.41) is 20.4. The summed E-state index contributed by atoms with van der Waals surface area (Å²) in [5.41, 5.74) is 8.19. The lowest BCUT2D eigenvalue weighted by molar-refractivity contribution is -0.138. The number of amides is 3. The van der Waals surface area contributed by atoms with E-state index in [0.717, 1.165) is 16.5 Å². The quantitative estimate of drug-likeness (QED) is 0.272. The van der Waals surface area contributed by atoms with Crippen LogP contribution in [-0.2, 0) is 20.8 Å². The van der Waals surface area contributed by atoms with Crippen LogP contribution in [0.1, 0.15) is 24.8 Å². The van der Waals surface area contributed by atoms with Crippen LogP contribution in [0.25, 0.3) is 10.9 Å². The van der Waals surface area contributed by atoms with Crippen molar-refractivity contribution in [3.05, 3.63) is 72.4 Å². The molecule has 0 aliphatic carbocycles. The van der Waals surface area contributed by atoms with Crippen molar-refractivity contribution >= 4 is 34.3 Å². The fourth-order valence-corrected chi connectivity index (χ4v) is 5.55. The highest BCUT2D eigenvalue weighted by atomic mass is 16.3. The molecule has 10 heteroatoms. The number of carbonyl (C=O) groups excluding carboxylic acids is 3. The van der Waals surface area contributed by atoms with Crippen molar-refractivity contribution in [1.29, 1.82) is 0 Å². The first-order valence-corrected chi connectivity index (χ1v) is 13.8. The number of nitrogens with zero attached hydrogens (tertiary/aromatic N) is 2. The Hall–Kier alpha value is -3.86. The van der Waals surface area contributed by atoms with E-state index in [-0.39, 0.29) is 37.1 Å². The van der Waals surface area contributed by atoms with Gasteiger partial charge >= 0.3 is 0 Å². The third-order valence-corrected chi connectivity index (χ3v) is 7.80. The number of aliphatic hydroxyl groups excluding tert-OH is 1. The van der Waals surface area contributed by atoms with Crippen LogP contribution in [-0.4, -0.2) is 76.6 Å². The number of aryl methyl sites for hydroxylation is 1. The molecule has 1 aromatic heterocycles. The highest BCUT2D eigenvalue weighted by molar-refractivity contribution is 5.99. The van der Waals surface area contributed by atoms with Crippen molar-refractivity contribution in [3.63, 3.8) is 0 Å². The predicted molar refractivity (Wildman–Crippen MR) is 152 cm³/mol. The third kappa shape index (κ3) is 6.47. The number of para-hydroxylation sites is 1. The highest BCUT2D eigenvalue weighted by Crippen LogP contribution is 2.25. The van der Waals surface area contributed by atoms with Crippen LogP contribution in [0, 0.1) is 5.92 Å². The predicted octanol–water partition coefficient (Wildman–Crippen LogP) is 1.19. The van der Waals surface area contributed by atoms with Gasteiger partial charge in [-0.2, -0.15) is 0 Å². The van der Waals surface area contributed by atoms with Crippen molar-refractivity contribution in [1.82, 2.24) is 20.5 Å². The summed E-state index contributed by atoms with van der Waals surface area (Å²) in [6.45, 7) is 1.30. The first-order chi connectivity index (χ1) is 19.4. The minimum atomic E-state index is -1.19. The second-order valence-electron chi connectivity index (χ2n) is 10.7. The van der Waals surface area contributed by atoms with Crippen LogP contribution in [0.4, 0.5) is 5.69 Å². The molecule has 5 unspecified atom stereocenters. The zero-order chi connectivity index (χ0) is 28.1. The number of carbonyl (C=O) groups is 3. The molecule has 0 bridgehead atoms. The normalized spacial score (nSPS) is 23.2. The van der Waals surface area contributed by atoms with Gasteiger partial charge in [0.25, 0.3) is 0 Å². The van der Waals surface area contributed by atoms with E-state index in [9.17, 15) is 19.5 Å². The standard InChI is InChI=1S/C30H36N6O4/c31-15-20-12-25(32-16-20)30(40)36-18-23(35-29(39)27(37)11-10-19-6-2-1-3-7-19)14-26(36)28(38)34-22-13-21-8-4-5-9-24(21)33-17-22/h1-9,13,17,20,23,25-27,32,37H,10-12,14-16,18,31H2,(H,34,38)(H,35,39). The number of hydrogen-bond acceptors (Lipinski definition) is 7. The van der Waals surface area contributed by atoms with Gasteiger partial charge in [-0.25, -0.2) is 0 Å². The number of aliphatic hydroxyl groups is 1. The maximum absolute atomic E-state index is 13.5. The van der Waals surface area contributed by atoms with Gasteiger partial charge in [-0.15, -0.1) is 0 Å². The number of pyridine rings is 1. The number of benzene rings is 2. The van der Waals surface area contributed by atoms with Crippen molar-refractivity contribution in [2.75, 3.05) is 25.0 Å². The molecular weight excluding hydrogens is 508 g/mol. The summed E-state index contributed by atoms with van der Waals surface area (Å²) in [5.74, 6) is -0.840. The Labute approximate surface area is 233 Å². The molecule has 2 aromatic carbocycles. The first kappa shape index (κ1) is 27.7. The molecule has 0 spiro atoms. The third-order valence-electron chi connectivity index (χ3n) is 7.80. The maximum atomic E-state index is 13.5. The number of nitrogens with two attached hydrogens (primary N) is 1. The van der Waals surface area contributed by atoms with Crippen LogP contribution in [0.3, 0.4) is 0 Å². The molecule has 10 nitrogen and oxygen atoms in total.